The summed E-state index contributed by atoms with van der Waals surface area (Å²) in [6.45, 7) is 0.272. The Morgan fingerprint density at radius 2 is 2.11 bits per heavy atom. The van der Waals surface area contributed by atoms with Gasteiger partial charge in [-0.3, -0.25) is 0 Å². The topological polar surface area (TPSA) is 35.3 Å². The molecule has 0 aliphatic carbocycles. The van der Waals surface area contributed by atoms with Crippen molar-refractivity contribution in [2.45, 2.75) is 6.61 Å². The Morgan fingerprint density at radius 1 is 1.21 bits per heavy atom. The molecule has 3 nitrogen and oxygen atoms in total. The number of benzene rings is 1. The number of hydrogen-bond acceptors (Lipinski definition) is 3. The summed E-state index contributed by atoms with van der Waals surface area (Å²) >= 11 is 3.27. The van der Waals surface area contributed by atoms with Gasteiger partial charge >= 0.3 is 0 Å². The van der Waals surface area contributed by atoms with E-state index in [0.29, 0.717) is 21.5 Å². The summed E-state index contributed by atoms with van der Waals surface area (Å²) in [6, 6.07) is 10.1. The predicted octanol–water partition coefficient (Wildman–Crippen LogP) is 4.31. The zero-order valence-corrected chi connectivity index (χ0v) is 11.4. The number of fused-ring (bicyclic) bond motifs is 1. The smallest absolute Gasteiger partial charge is 0.214 e. The van der Waals surface area contributed by atoms with Crippen LogP contribution in [0.25, 0.3) is 11.0 Å². The second kappa shape index (κ2) is 5.01. The van der Waals surface area contributed by atoms with E-state index in [1.165, 1.54) is 12.3 Å². The van der Waals surface area contributed by atoms with E-state index in [9.17, 15) is 4.39 Å². The Balaban J connectivity index is 1.86. The van der Waals surface area contributed by atoms with E-state index in [-0.39, 0.29) is 12.4 Å². The van der Waals surface area contributed by atoms with Gasteiger partial charge in [0.2, 0.25) is 5.88 Å². The van der Waals surface area contributed by atoms with Crippen LogP contribution < -0.4 is 4.74 Å². The first-order chi connectivity index (χ1) is 9.24. The monoisotopic (exact) mass is 321 g/mol. The van der Waals surface area contributed by atoms with Gasteiger partial charge in [0.15, 0.2) is 0 Å². The fraction of sp³-hybridized carbons (Fsp3) is 0.0714. The van der Waals surface area contributed by atoms with Crippen LogP contribution >= 0.6 is 15.9 Å². The van der Waals surface area contributed by atoms with Crippen molar-refractivity contribution in [1.29, 1.82) is 0 Å². The van der Waals surface area contributed by atoms with Gasteiger partial charge in [-0.05, 0) is 40.2 Å². The molecule has 0 N–H and O–H groups in total. The van der Waals surface area contributed by atoms with Crippen LogP contribution in [0.1, 0.15) is 5.56 Å². The number of rotatable bonds is 3. The summed E-state index contributed by atoms with van der Waals surface area (Å²) in [5, 5.41) is 0.461. The van der Waals surface area contributed by atoms with Crippen LogP contribution in [0.15, 0.2) is 51.7 Å². The third-order valence-electron chi connectivity index (χ3n) is 2.71. The van der Waals surface area contributed by atoms with Gasteiger partial charge < -0.3 is 9.15 Å². The van der Waals surface area contributed by atoms with Crippen molar-refractivity contribution in [3.05, 3.63) is 58.6 Å². The third kappa shape index (κ3) is 2.46. The molecule has 1 aromatic carbocycles. The van der Waals surface area contributed by atoms with E-state index in [0.717, 1.165) is 5.56 Å². The minimum Gasteiger partial charge on any atom is -0.473 e. The molecule has 0 aliphatic rings. The van der Waals surface area contributed by atoms with Crippen LogP contribution in [-0.4, -0.2) is 4.98 Å². The maximum Gasteiger partial charge on any atom is 0.214 e. The van der Waals surface area contributed by atoms with Crippen LogP contribution in [-0.2, 0) is 6.61 Å². The maximum atomic E-state index is 13.5. The summed E-state index contributed by atoms with van der Waals surface area (Å²) in [6.07, 6.45) is 1.47. The second-order valence-corrected chi connectivity index (χ2v) is 4.77. The Labute approximate surface area is 117 Å². The third-order valence-corrected chi connectivity index (χ3v) is 3.15. The molecule has 0 saturated heterocycles. The molecule has 0 atom stereocenters. The quantitative estimate of drug-likeness (QED) is 0.674. The average Bonchev–Trinajstić information content (AvgIpc) is 2.88. The van der Waals surface area contributed by atoms with E-state index in [1.807, 2.05) is 12.1 Å². The van der Waals surface area contributed by atoms with Gasteiger partial charge in [0.25, 0.3) is 0 Å². The molecule has 5 heteroatoms. The zero-order valence-electron chi connectivity index (χ0n) is 9.77. The first kappa shape index (κ1) is 12.2. The van der Waals surface area contributed by atoms with Crippen molar-refractivity contribution in [1.82, 2.24) is 4.98 Å². The lowest BCUT2D eigenvalue weighted by molar-refractivity contribution is 0.293. The molecule has 0 fully saturated rings. The molecule has 2 heterocycles. The fourth-order valence-electron chi connectivity index (χ4n) is 1.82. The molecule has 0 spiro atoms. The molecule has 0 radical (unpaired) electrons. The molecule has 0 saturated carbocycles. The van der Waals surface area contributed by atoms with Gasteiger partial charge in [0.05, 0.1) is 11.6 Å². The van der Waals surface area contributed by atoms with Gasteiger partial charge in [-0.15, -0.1) is 0 Å². The van der Waals surface area contributed by atoms with Gasteiger partial charge in [0.1, 0.15) is 22.6 Å². The summed E-state index contributed by atoms with van der Waals surface area (Å²) in [7, 11) is 0. The Bertz CT molecular complexity index is 726. The van der Waals surface area contributed by atoms with Gasteiger partial charge in [-0.2, -0.15) is 0 Å². The molecule has 96 valence electrons. The molecule has 19 heavy (non-hydrogen) atoms. The minimum absolute atomic E-state index is 0.272. The Morgan fingerprint density at radius 3 is 2.95 bits per heavy atom. The number of hydrogen-bond donors (Lipinski definition) is 0. The Kier molecular flexibility index (Phi) is 3.21. The zero-order chi connectivity index (χ0) is 13.2. The van der Waals surface area contributed by atoms with Gasteiger partial charge in [-0.1, -0.05) is 6.07 Å². The highest BCUT2D eigenvalue weighted by Crippen LogP contribution is 2.24. The number of ether oxygens (including phenoxy) is 1. The number of halogens is 2. The first-order valence-corrected chi connectivity index (χ1v) is 6.43. The van der Waals surface area contributed by atoms with Crippen molar-refractivity contribution < 1.29 is 13.5 Å². The molecule has 0 bridgehead atoms. The summed E-state index contributed by atoms with van der Waals surface area (Å²) in [5.41, 5.74) is 1.29. The molecule has 2 aromatic heterocycles. The highest BCUT2D eigenvalue weighted by atomic mass is 79.9. The summed E-state index contributed by atoms with van der Waals surface area (Å²) in [5.74, 6) is 0.200. The molecule has 0 amide bonds. The van der Waals surface area contributed by atoms with Crippen LogP contribution in [0.5, 0.6) is 5.88 Å². The van der Waals surface area contributed by atoms with E-state index in [2.05, 4.69) is 20.9 Å². The summed E-state index contributed by atoms with van der Waals surface area (Å²) < 4.78 is 25.1. The number of pyridine rings is 1. The molecule has 0 unspecified atom stereocenters. The molecule has 3 aromatic rings. The van der Waals surface area contributed by atoms with Crippen molar-refractivity contribution in [2.75, 3.05) is 0 Å². The SMILES string of the molecule is Fc1ccc(COc2cccc(Br)n2)c2occc12. The molecular formula is C14H9BrFNO2. The van der Waals surface area contributed by atoms with E-state index in [4.69, 9.17) is 9.15 Å². The molecule has 3 rings (SSSR count). The van der Waals surface area contributed by atoms with Crippen molar-refractivity contribution in [3.8, 4) is 5.88 Å². The minimum atomic E-state index is -0.298. The largest absolute Gasteiger partial charge is 0.473 e. The maximum absolute atomic E-state index is 13.5. The van der Waals surface area contributed by atoms with E-state index < -0.39 is 0 Å². The van der Waals surface area contributed by atoms with E-state index >= 15 is 0 Å². The van der Waals surface area contributed by atoms with Crippen molar-refractivity contribution in [2.24, 2.45) is 0 Å². The lowest BCUT2D eigenvalue weighted by Gasteiger charge is -2.06. The Hall–Kier alpha value is -1.88. The standard InChI is InChI=1S/C14H9BrFNO2/c15-12-2-1-3-13(17-12)19-8-9-4-5-11(16)10-6-7-18-14(9)10/h1-7H,8H2. The predicted molar refractivity (Wildman–Crippen MR) is 72.4 cm³/mol. The second-order valence-electron chi connectivity index (χ2n) is 3.96. The molecular weight excluding hydrogens is 313 g/mol. The van der Waals surface area contributed by atoms with Crippen LogP contribution in [0.4, 0.5) is 4.39 Å². The number of aromatic nitrogens is 1. The van der Waals surface area contributed by atoms with Crippen LogP contribution in [0.3, 0.4) is 0 Å². The van der Waals surface area contributed by atoms with Gasteiger partial charge in [0, 0.05) is 11.6 Å². The first-order valence-electron chi connectivity index (χ1n) is 5.64. The average molecular weight is 322 g/mol. The highest BCUT2D eigenvalue weighted by molar-refractivity contribution is 9.10. The van der Waals surface area contributed by atoms with Crippen LogP contribution in [0, 0.1) is 5.82 Å². The molecule has 0 aliphatic heterocycles. The normalized spacial score (nSPS) is 10.8. The lowest BCUT2D eigenvalue weighted by Crippen LogP contribution is -1.98. The van der Waals surface area contributed by atoms with Crippen molar-refractivity contribution >= 4 is 26.9 Å². The summed E-state index contributed by atoms with van der Waals surface area (Å²) in [4.78, 5) is 4.16. The van der Waals surface area contributed by atoms with E-state index in [1.54, 1.807) is 18.2 Å². The number of nitrogens with zero attached hydrogens (tertiary/aromatic N) is 1. The number of furan rings is 1. The lowest BCUT2D eigenvalue weighted by atomic mass is 10.1. The van der Waals surface area contributed by atoms with Gasteiger partial charge in [-0.25, -0.2) is 9.37 Å². The highest BCUT2D eigenvalue weighted by Gasteiger charge is 2.09. The van der Waals surface area contributed by atoms with Crippen molar-refractivity contribution in [3.63, 3.8) is 0 Å². The van der Waals surface area contributed by atoms with Crippen LogP contribution in [0.2, 0.25) is 0 Å². The fourth-order valence-corrected chi connectivity index (χ4v) is 2.15.